The molecule has 5 aliphatic rings. The molecule has 0 spiro atoms. The summed E-state index contributed by atoms with van der Waals surface area (Å²) < 4.78 is 13.6. The molecule has 4 aliphatic carbocycles. The highest BCUT2D eigenvalue weighted by Gasteiger charge is 2.72. The van der Waals surface area contributed by atoms with E-state index in [4.69, 9.17) is 25.4 Å². The fourth-order valence-corrected chi connectivity index (χ4v) is 11.9. The van der Waals surface area contributed by atoms with Crippen molar-refractivity contribution in [2.24, 2.45) is 68.3 Å². The molecule has 0 unspecified atom stereocenters. The number of carbonyl (C=O) groups is 1. The van der Waals surface area contributed by atoms with E-state index in [1.807, 2.05) is 4.80 Å². The molecule has 46 heavy (non-hydrogen) atoms. The van der Waals surface area contributed by atoms with Gasteiger partial charge in [-0.05, 0) is 91.3 Å². The number of nitrogens with zero attached hydrogens (tertiary/aromatic N) is 3. The van der Waals surface area contributed by atoms with Gasteiger partial charge in [0.05, 0.1) is 50.3 Å². The lowest BCUT2D eigenvalue weighted by Gasteiger charge is -2.71. The molecule has 258 valence electrons. The van der Waals surface area contributed by atoms with Crippen LogP contribution >= 0.6 is 0 Å². The Labute approximate surface area is 277 Å². The molecule has 2 bridgehead atoms. The van der Waals surface area contributed by atoms with E-state index in [9.17, 15) is 9.90 Å². The molecule has 0 radical (unpaired) electrons. The number of hydrogen-bond donors (Lipinski definition) is 2. The fraction of sp³-hybridized carbons (Fsp3) is 0.868. The summed E-state index contributed by atoms with van der Waals surface area (Å²) in [4.78, 5) is 15.3. The van der Waals surface area contributed by atoms with Crippen molar-refractivity contribution < 1.29 is 19.4 Å². The van der Waals surface area contributed by atoms with Crippen LogP contribution in [0.25, 0.3) is 0 Å². The van der Waals surface area contributed by atoms with Crippen LogP contribution in [0.4, 0.5) is 0 Å². The third-order valence-electron chi connectivity index (χ3n) is 15.7. The Morgan fingerprint density at radius 1 is 1.09 bits per heavy atom. The number of carboxylic acid groups (broad SMARTS) is 1. The van der Waals surface area contributed by atoms with Gasteiger partial charge in [-0.2, -0.15) is 15.0 Å². The molecule has 4 fully saturated rings. The molecule has 1 aliphatic heterocycles. The maximum Gasteiger partial charge on any atom is 0.307 e. The summed E-state index contributed by atoms with van der Waals surface area (Å²) in [5.74, 6) is 0.750. The first-order valence-corrected chi connectivity index (χ1v) is 18.2. The van der Waals surface area contributed by atoms with Gasteiger partial charge in [0.25, 0.3) is 0 Å². The van der Waals surface area contributed by atoms with Crippen molar-refractivity contribution in [2.75, 3.05) is 19.8 Å². The first-order chi connectivity index (χ1) is 21.4. The van der Waals surface area contributed by atoms with Gasteiger partial charge in [0.15, 0.2) is 0 Å². The maximum atomic E-state index is 13.4. The Hall–Kier alpha value is -1.77. The van der Waals surface area contributed by atoms with Crippen molar-refractivity contribution >= 4 is 5.97 Å². The minimum absolute atomic E-state index is 0.0443. The van der Waals surface area contributed by atoms with Gasteiger partial charge in [-0.1, -0.05) is 74.0 Å². The molecular formula is C38H62N4O4. The number of nitrogens with two attached hydrogens (primary N) is 1. The summed E-state index contributed by atoms with van der Waals surface area (Å²) in [7, 11) is 0. The monoisotopic (exact) mass is 638 g/mol. The van der Waals surface area contributed by atoms with Crippen LogP contribution in [0.3, 0.4) is 0 Å². The number of aliphatic carboxylic acids is 1. The molecule has 0 amide bonds. The Bertz CT molecular complexity index is 1340. The van der Waals surface area contributed by atoms with Gasteiger partial charge in [0.1, 0.15) is 0 Å². The summed E-state index contributed by atoms with van der Waals surface area (Å²) in [6, 6.07) is -0.0443. The maximum absolute atomic E-state index is 13.4. The van der Waals surface area contributed by atoms with Crippen LogP contribution in [-0.2, 0) is 14.3 Å². The van der Waals surface area contributed by atoms with E-state index in [0.717, 1.165) is 38.5 Å². The average molecular weight is 639 g/mol. The highest BCUT2D eigenvalue weighted by Crippen LogP contribution is 2.75. The van der Waals surface area contributed by atoms with Gasteiger partial charge in [-0.15, -0.1) is 0 Å². The highest BCUT2D eigenvalue weighted by atomic mass is 16.5. The van der Waals surface area contributed by atoms with Crippen LogP contribution in [0.15, 0.2) is 24.0 Å². The van der Waals surface area contributed by atoms with Gasteiger partial charge in [-0.25, -0.2) is 0 Å². The number of rotatable bonds is 8. The zero-order valence-corrected chi connectivity index (χ0v) is 30.3. The van der Waals surface area contributed by atoms with E-state index >= 15 is 0 Å². The molecule has 1 aromatic rings. The van der Waals surface area contributed by atoms with Crippen molar-refractivity contribution in [1.82, 2.24) is 15.0 Å². The molecule has 8 heteroatoms. The second-order valence-electron chi connectivity index (χ2n) is 18.4. The van der Waals surface area contributed by atoms with E-state index in [1.165, 1.54) is 5.57 Å². The molecule has 2 heterocycles. The summed E-state index contributed by atoms with van der Waals surface area (Å²) in [5.41, 5.74) is 6.74. The Morgan fingerprint density at radius 2 is 1.76 bits per heavy atom. The van der Waals surface area contributed by atoms with Crippen molar-refractivity contribution in [3.05, 3.63) is 24.0 Å². The molecule has 6 rings (SSSR count). The lowest BCUT2D eigenvalue weighted by atomic mass is 9.34. The predicted octanol–water partition coefficient (Wildman–Crippen LogP) is 7.17. The Kier molecular flexibility index (Phi) is 8.25. The number of allylic oxidation sites excluding steroid dienone is 1. The molecule has 12 atom stereocenters. The van der Waals surface area contributed by atoms with E-state index in [2.05, 4.69) is 75.3 Å². The number of carboxylic acids is 1. The fourth-order valence-electron chi connectivity index (χ4n) is 11.9. The zero-order valence-electron chi connectivity index (χ0n) is 30.3. The first kappa shape index (κ1) is 34.1. The molecule has 3 saturated carbocycles. The summed E-state index contributed by atoms with van der Waals surface area (Å²) >= 11 is 0. The second-order valence-corrected chi connectivity index (χ2v) is 18.4. The van der Waals surface area contributed by atoms with Gasteiger partial charge in [0.2, 0.25) is 0 Å². The van der Waals surface area contributed by atoms with Crippen LogP contribution in [0.2, 0.25) is 0 Å². The van der Waals surface area contributed by atoms with E-state index in [-0.39, 0.29) is 45.1 Å². The first-order valence-electron chi connectivity index (χ1n) is 18.2. The van der Waals surface area contributed by atoms with Crippen LogP contribution in [0.1, 0.15) is 114 Å². The highest BCUT2D eigenvalue weighted by molar-refractivity contribution is 5.73. The lowest BCUT2D eigenvalue weighted by Crippen LogP contribution is -2.69. The van der Waals surface area contributed by atoms with Gasteiger partial charge < -0.3 is 20.3 Å². The van der Waals surface area contributed by atoms with E-state index in [1.54, 1.807) is 12.4 Å². The Balaban J connectivity index is 1.43. The molecule has 1 saturated heterocycles. The predicted molar refractivity (Wildman–Crippen MR) is 180 cm³/mol. The number of hydrogen-bond acceptors (Lipinski definition) is 6. The van der Waals surface area contributed by atoms with Gasteiger partial charge >= 0.3 is 5.97 Å². The van der Waals surface area contributed by atoms with Crippen molar-refractivity contribution in [3.63, 3.8) is 0 Å². The molecule has 8 nitrogen and oxygen atoms in total. The van der Waals surface area contributed by atoms with Gasteiger partial charge in [0, 0.05) is 16.4 Å². The molecule has 3 N–H and O–H groups in total. The SMILES string of the molecule is CC(C)[C@@H](C)[C@@]1(C)CC[C@]2(C)[C@H]3CC[C@@H]4[C@@]5(COC[C@@]4(C)[C@@H](OC[C@](C)(N)C(C)C)[C@H](n4nccn4)C5)C3=CC[C@@]2(C)[C@@H]1C(=O)O. The average Bonchev–Trinajstić information content (AvgIpc) is 3.51. The number of aromatic nitrogens is 3. The summed E-state index contributed by atoms with van der Waals surface area (Å²) in [5, 5.41) is 20.4. The number of ether oxygens (including phenoxy) is 2. The molecular weight excluding hydrogens is 576 g/mol. The second kappa shape index (κ2) is 11.1. The minimum Gasteiger partial charge on any atom is -0.481 e. The topological polar surface area (TPSA) is 112 Å². The van der Waals surface area contributed by atoms with Crippen LogP contribution in [0, 0.1) is 62.6 Å². The summed E-state index contributed by atoms with van der Waals surface area (Å²) in [6.45, 7) is 24.5. The van der Waals surface area contributed by atoms with Crippen LogP contribution < -0.4 is 5.73 Å². The number of fused-ring (bicyclic) bond motifs is 3. The lowest BCUT2D eigenvalue weighted by molar-refractivity contribution is -0.253. The minimum atomic E-state index is -0.614. The third kappa shape index (κ3) is 4.58. The molecule has 0 aromatic carbocycles. The largest absolute Gasteiger partial charge is 0.481 e. The van der Waals surface area contributed by atoms with Crippen molar-refractivity contribution in [3.8, 4) is 0 Å². The third-order valence-corrected chi connectivity index (χ3v) is 15.7. The quantitative estimate of drug-likeness (QED) is 0.291. The van der Waals surface area contributed by atoms with Crippen LogP contribution in [-0.4, -0.2) is 57.5 Å². The van der Waals surface area contributed by atoms with Gasteiger partial charge in [-0.3, -0.25) is 4.79 Å². The Morgan fingerprint density at radius 3 is 2.37 bits per heavy atom. The van der Waals surface area contributed by atoms with Crippen molar-refractivity contribution in [1.29, 1.82) is 0 Å². The van der Waals surface area contributed by atoms with Crippen molar-refractivity contribution in [2.45, 2.75) is 125 Å². The zero-order chi connectivity index (χ0) is 33.7. The normalized spacial score (nSPS) is 45.7. The molecule has 1 aromatic heterocycles. The smallest absolute Gasteiger partial charge is 0.307 e. The summed E-state index contributed by atoms with van der Waals surface area (Å²) in [6.07, 6.45) is 11.8. The van der Waals surface area contributed by atoms with Crippen LogP contribution in [0.5, 0.6) is 0 Å². The standard InChI is InChI=1S/C38H62N4O4/c1-23(2)25(5)33(6)15-16-35(8)26-11-12-29-34(7)20-45-22-38(29,27(26)13-14-36(35,9)30(33)32(43)44)19-28(42-40-17-18-41-42)31(34)46-21-37(10,39)24(3)4/h13,17-18,23-26,28-31H,11-12,14-16,19-22,39H2,1-10H3,(H,43,44)/t25-,26+,28-,29+,30-,31+,33-,34-,35-,36+,37+,38+/m1/s1. The van der Waals surface area contributed by atoms with E-state index < -0.39 is 17.4 Å². The van der Waals surface area contributed by atoms with E-state index in [0.29, 0.717) is 43.5 Å².